The molecule has 0 bridgehead atoms. The maximum absolute atomic E-state index is 12.3. The molecule has 0 aliphatic rings. The smallest absolute Gasteiger partial charge is 0.222 e. The van der Waals surface area contributed by atoms with Crippen molar-refractivity contribution in [2.45, 2.75) is 39.3 Å². The third-order valence-corrected chi connectivity index (χ3v) is 5.23. The van der Waals surface area contributed by atoms with E-state index >= 15 is 0 Å². The zero-order valence-corrected chi connectivity index (χ0v) is 17.2. The highest BCUT2D eigenvalue weighted by Crippen LogP contribution is 2.21. The first-order chi connectivity index (χ1) is 13.6. The molecule has 0 spiro atoms. The highest BCUT2D eigenvalue weighted by atomic mass is 32.1. The second-order valence-electron chi connectivity index (χ2n) is 6.96. The lowest BCUT2D eigenvalue weighted by Gasteiger charge is -2.25. The molecule has 0 saturated heterocycles. The Bertz CT molecular complexity index is 865. The Hall–Kier alpha value is -2.73. The van der Waals surface area contributed by atoms with E-state index in [1.807, 2.05) is 48.5 Å². The molecule has 1 aromatic heterocycles. The van der Waals surface area contributed by atoms with E-state index in [9.17, 15) is 4.79 Å². The largest absolute Gasteiger partial charge is 0.352 e. The molecular weight excluding hydrogens is 368 g/mol. The van der Waals surface area contributed by atoms with Crippen LogP contribution in [0.4, 0.5) is 5.13 Å². The lowest BCUT2D eigenvalue weighted by Crippen LogP contribution is -2.35. The molecule has 0 radical (unpaired) electrons. The Morgan fingerprint density at radius 1 is 1.04 bits per heavy atom. The lowest BCUT2D eigenvalue weighted by molar-refractivity contribution is -0.121. The van der Waals surface area contributed by atoms with Crippen LogP contribution in [0.3, 0.4) is 0 Å². The van der Waals surface area contributed by atoms with Crippen LogP contribution >= 0.6 is 11.5 Å². The van der Waals surface area contributed by atoms with Crippen molar-refractivity contribution in [2.24, 2.45) is 0 Å². The molecule has 5 nitrogen and oxygen atoms in total. The summed E-state index contributed by atoms with van der Waals surface area (Å²) in [6, 6.07) is 20.4. The second-order valence-corrected chi connectivity index (χ2v) is 7.69. The number of hydrogen-bond donors (Lipinski definition) is 1. The SMILES string of the molecule is CC(C)N(CCC(=O)NCc1ccccc1)c1nc(Cc2ccccc2)ns1. The average molecular weight is 395 g/mol. The van der Waals surface area contributed by atoms with E-state index < -0.39 is 0 Å². The summed E-state index contributed by atoms with van der Waals surface area (Å²) >= 11 is 1.40. The van der Waals surface area contributed by atoms with Gasteiger partial charge in [-0.15, -0.1) is 0 Å². The Morgan fingerprint density at radius 3 is 2.32 bits per heavy atom. The molecule has 3 aromatic rings. The Kier molecular flexibility index (Phi) is 7.14. The molecule has 0 saturated carbocycles. The van der Waals surface area contributed by atoms with Crippen molar-refractivity contribution in [3.8, 4) is 0 Å². The molecule has 3 rings (SSSR count). The summed E-state index contributed by atoms with van der Waals surface area (Å²) in [6.07, 6.45) is 1.15. The number of rotatable bonds is 9. The van der Waals surface area contributed by atoms with Crippen molar-refractivity contribution in [1.82, 2.24) is 14.7 Å². The summed E-state index contributed by atoms with van der Waals surface area (Å²) in [5.41, 5.74) is 2.30. The first-order valence-electron chi connectivity index (χ1n) is 9.55. The van der Waals surface area contributed by atoms with E-state index in [1.54, 1.807) is 0 Å². The van der Waals surface area contributed by atoms with Crippen molar-refractivity contribution in [1.29, 1.82) is 0 Å². The van der Waals surface area contributed by atoms with Crippen molar-refractivity contribution in [3.63, 3.8) is 0 Å². The summed E-state index contributed by atoms with van der Waals surface area (Å²) in [5.74, 6) is 0.869. The first kappa shape index (κ1) is 20.0. The molecule has 0 fully saturated rings. The molecule has 1 N–H and O–H groups in total. The minimum Gasteiger partial charge on any atom is -0.352 e. The fourth-order valence-electron chi connectivity index (χ4n) is 2.89. The molecule has 6 heteroatoms. The van der Waals surface area contributed by atoms with Gasteiger partial charge in [0.05, 0.1) is 0 Å². The van der Waals surface area contributed by atoms with E-state index in [4.69, 9.17) is 4.98 Å². The topological polar surface area (TPSA) is 58.1 Å². The van der Waals surface area contributed by atoms with Crippen molar-refractivity contribution < 1.29 is 4.79 Å². The van der Waals surface area contributed by atoms with Crippen LogP contribution in [0.2, 0.25) is 0 Å². The van der Waals surface area contributed by atoms with Gasteiger partial charge in [0.25, 0.3) is 0 Å². The van der Waals surface area contributed by atoms with Crippen molar-refractivity contribution in [2.75, 3.05) is 11.4 Å². The van der Waals surface area contributed by atoms with Gasteiger partial charge in [0.2, 0.25) is 11.0 Å². The molecule has 1 heterocycles. The zero-order chi connectivity index (χ0) is 19.8. The molecule has 0 atom stereocenters. The first-order valence-corrected chi connectivity index (χ1v) is 10.3. The third-order valence-electron chi connectivity index (χ3n) is 4.44. The van der Waals surface area contributed by atoms with Crippen molar-refractivity contribution >= 4 is 22.6 Å². The third kappa shape index (κ3) is 5.89. The minimum atomic E-state index is 0.0449. The molecule has 28 heavy (non-hydrogen) atoms. The average Bonchev–Trinajstić information content (AvgIpc) is 3.16. The summed E-state index contributed by atoms with van der Waals surface area (Å²) in [4.78, 5) is 19.1. The van der Waals surface area contributed by atoms with Crippen molar-refractivity contribution in [3.05, 3.63) is 77.6 Å². The van der Waals surface area contributed by atoms with Gasteiger partial charge < -0.3 is 10.2 Å². The van der Waals surface area contributed by atoms with Crippen LogP contribution < -0.4 is 10.2 Å². The predicted octanol–water partition coefficient (Wildman–Crippen LogP) is 4.05. The van der Waals surface area contributed by atoms with Gasteiger partial charge in [0.1, 0.15) is 5.82 Å². The van der Waals surface area contributed by atoms with Gasteiger partial charge in [0, 0.05) is 43.5 Å². The Balaban J connectivity index is 1.54. The van der Waals surface area contributed by atoms with Gasteiger partial charge in [0.15, 0.2) is 0 Å². The second kappa shape index (κ2) is 9.99. The molecule has 1 amide bonds. The molecule has 146 valence electrons. The normalized spacial score (nSPS) is 10.8. The highest BCUT2D eigenvalue weighted by Gasteiger charge is 2.17. The molecule has 2 aromatic carbocycles. The van der Waals surface area contributed by atoms with E-state index in [2.05, 4.69) is 40.6 Å². The molecule has 0 unspecified atom stereocenters. The van der Waals surface area contributed by atoms with Crippen LogP contribution in [0.25, 0.3) is 0 Å². The van der Waals surface area contributed by atoms with Crippen LogP contribution in [0.5, 0.6) is 0 Å². The molecule has 0 aliphatic heterocycles. The summed E-state index contributed by atoms with van der Waals surface area (Å²) in [5, 5.41) is 3.86. The standard InChI is InChI=1S/C22H26N4OS/c1-17(2)26(14-13-21(27)23-16-19-11-7-4-8-12-19)22-24-20(25-28-22)15-18-9-5-3-6-10-18/h3-12,17H,13-16H2,1-2H3,(H,23,27). The summed E-state index contributed by atoms with van der Waals surface area (Å²) < 4.78 is 4.51. The summed E-state index contributed by atoms with van der Waals surface area (Å²) in [6.45, 7) is 5.40. The van der Waals surface area contributed by atoms with Crippen LogP contribution in [-0.4, -0.2) is 27.9 Å². The van der Waals surface area contributed by atoms with Gasteiger partial charge in [-0.3, -0.25) is 4.79 Å². The number of nitrogens with zero attached hydrogens (tertiary/aromatic N) is 3. The van der Waals surface area contributed by atoms with Gasteiger partial charge in [-0.1, -0.05) is 60.7 Å². The van der Waals surface area contributed by atoms with Crippen LogP contribution in [0.1, 0.15) is 37.2 Å². The molecular formula is C22H26N4OS. The predicted molar refractivity (Wildman–Crippen MR) is 115 cm³/mol. The Morgan fingerprint density at radius 2 is 1.68 bits per heavy atom. The lowest BCUT2D eigenvalue weighted by atomic mass is 10.1. The minimum absolute atomic E-state index is 0.0449. The Labute approximate surface area is 170 Å². The number of benzene rings is 2. The monoisotopic (exact) mass is 394 g/mol. The van der Waals surface area contributed by atoms with Gasteiger partial charge in [-0.2, -0.15) is 4.37 Å². The number of carbonyl (C=O) groups excluding carboxylic acids is 1. The van der Waals surface area contributed by atoms with Gasteiger partial charge in [-0.05, 0) is 25.0 Å². The van der Waals surface area contributed by atoms with Gasteiger partial charge >= 0.3 is 0 Å². The number of anilines is 1. The van der Waals surface area contributed by atoms with E-state index in [0.29, 0.717) is 19.5 Å². The number of amides is 1. The number of aromatic nitrogens is 2. The fraction of sp³-hybridized carbons (Fsp3) is 0.318. The maximum atomic E-state index is 12.3. The number of nitrogens with one attached hydrogen (secondary N) is 1. The number of carbonyl (C=O) groups is 1. The van der Waals surface area contributed by atoms with Crippen LogP contribution in [0.15, 0.2) is 60.7 Å². The summed E-state index contributed by atoms with van der Waals surface area (Å²) in [7, 11) is 0. The van der Waals surface area contributed by atoms with E-state index in [0.717, 1.165) is 22.9 Å². The molecule has 0 aliphatic carbocycles. The van der Waals surface area contributed by atoms with E-state index in [-0.39, 0.29) is 11.9 Å². The van der Waals surface area contributed by atoms with Gasteiger partial charge in [-0.25, -0.2) is 4.98 Å². The zero-order valence-electron chi connectivity index (χ0n) is 16.3. The van der Waals surface area contributed by atoms with Crippen LogP contribution in [-0.2, 0) is 17.8 Å². The van der Waals surface area contributed by atoms with Crippen LogP contribution in [0, 0.1) is 0 Å². The highest BCUT2D eigenvalue weighted by molar-refractivity contribution is 7.09. The fourth-order valence-corrected chi connectivity index (χ4v) is 3.74. The quantitative estimate of drug-likeness (QED) is 0.595. The maximum Gasteiger partial charge on any atom is 0.222 e. The van der Waals surface area contributed by atoms with E-state index in [1.165, 1.54) is 17.1 Å². The number of hydrogen-bond acceptors (Lipinski definition) is 5.